The summed E-state index contributed by atoms with van der Waals surface area (Å²) in [5, 5.41) is 3.02. The van der Waals surface area contributed by atoms with Crippen LogP contribution >= 0.6 is 38.5 Å². The molecule has 18 heavy (non-hydrogen) atoms. The lowest BCUT2D eigenvalue weighted by molar-refractivity contribution is 0.0712. The Kier molecular flexibility index (Phi) is 5.03. The molecule has 1 aliphatic heterocycles. The van der Waals surface area contributed by atoms with Gasteiger partial charge in [-0.05, 0) is 60.6 Å². The van der Waals surface area contributed by atoms with Crippen molar-refractivity contribution in [2.24, 2.45) is 0 Å². The molecule has 2 unspecified atom stereocenters. The van der Waals surface area contributed by atoms with Gasteiger partial charge < -0.3 is 10.1 Å². The summed E-state index contributed by atoms with van der Waals surface area (Å²) in [7, 11) is 0. The molecule has 1 fully saturated rings. The van der Waals surface area contributed by atoms with Crippen LogP contribution in [0.5, 0.6) is 0 Å². The Morgan fingerprint density at radius 2 is 2.39 bits per heavy atom. The van der Waals surface area contributed by atoms with Crippen molar-refractivity contribution in [3.63, 3.8) is 0 Å². The fourth-order valence-electron chi connectivity index (χ4n) is 2.05. The Balaban J connectivity index is 2.04. The topological polar surface area (TPSA) is 38.3 Å². The summed E-state index contributed by atoms with van der Waals surface area (Å²) in [6.07, 6.45) is 2.26. The van der Waals surface area contributed by atoms with E-state index in [1.54, 1.807) is 0 Å². The maximum Gasteiger partial charge on any atom is 0.252 e. The van der Waals surface area contributed by atoms with Crippen LogP contribution in [0.3, 0.4) is 0 Å². The van der Waals surface area contributed by atoms with Crippen LogP contribution in [0.1, 0.15) is 30.1 Å². The van der Waals surface area contributed by atoms with Crippen LogP contribution in [0.4, 0.5) is 0 Å². The van der Waals surface area contributed by atoms with Crippen molar-refractivity contribution in [2.75, 3.05) is 6.61 Å². The van der Waals surface area contributed by atoms with Crippen molar-refractivity contribution in [3.8, 4) is 0 Å². The van der Waals surface area contributed by atoms with Crippen LogP contribution < -0.4 is 5.32 Å². The summed E-state index contributed by atoms with van der Waals surface area (Å²) in [6, 6.07) is 5.76. The molecule has 1 amide bonds. The molecule has 0 saturated carbocycles. The van der Waals surface area contributed by atoms with Crippen molar-refractivity contribution < 1.29 is 9.53 Å². The molecule has 5 heteroatoms. The summed E-state index contributed by atoms with van der Waals surface area (Å²) >= 11 is 5.56. The summed E-state index contributed by atoms with van der Waals surface area (Å²) in [5.41, 5.74) is 0.704. The van der Waals surface area contributed by atoms with Gasteiger partial charge in [-0.2, -0.15) is 0 Å². The van der Waals surface area contributed by atoms with Gasteiger partial charge in [-0.3, -0.25) is 4.79 Å². The minimum absolute atomic E-state index is 0.0382. The van der Waals surface area contributed by atoms with E-state index in [1.807, 2.05) is 25.1 Å². The van der Waals surface area contributed by atoms with Crippen LogP contribution in [-0.2, 0) is 4.74 Å². The molecule has 1 N–H and O–H groups in total. The van der Waals surface area contributed by atoms with Crippen LogP contribution in [0.2, 0.25) is 0 Å². The summed E-state index contributed by atoms with van der Waals surface area (Å²) in [5.74, 6) is -0.0382. The Morgan fingerprint density at radius 3 is 3.06 bits per heavy atom. The summed E-state index contributed by atoms with van der Waals surface area (Å²) < 4.78 is 7.45. The highest BCUT2D eigenvalue weighted by Gasteiger charge is 2.24. The zero-order chi connectivity index (χ0) is 13.1. The molecular weight excluding hydrogens is 409 g/mol. The molecule has 1 saturated heterocycles. The second kappa shape index (κ2) is 6.34. The fourth-order valence-corrected chi connectivity index (χ4v) is 2.99. The van der Waals surface area contributed by atoms with Crippen molar-refractivity contribution in [2.45, 2.75) is 31.9 Å². The average Bonchev–Trinajstić information content (AvgIpc) is 2.85. The largest absolute Gasteiger partial charge is 0.376 e. The van der Waals surface area contributed by atoms with Gasteiger partial charge in [-0.15, -0.1) is 0 Å². The molecule has 1 heterocycles. The van der Waals surface area contributed by atoms with E-state index in [-0.39, 0.29) is 18.1 Å². The van der Waals surface area contributed by atoms with Gasteiger partial charge in [0.15, 0.2) is 0 Å². The van der Waals surface area contributed by atoms with Gasteiger partial charge in [0, 0.05) is 14.6 Å². The summed E-state index contributed by atoms with van der Waals surface area (Å²) in [6.45, 7) is 2.80. The number of halogens is 2. The van der Waals surface area contributed by atoms with Crippen molar-refractivity contribution in [3.05, 3.63) is 31.8 Å². The lowest BCUT2D eigenvalue weighted by atomic mass is 10.1. The van der Waals surface area contributed by atoms with E-state index in [1.165, 1.54) is 0 Å². The maximum atomic E-state index is 12.2. The van der Waals surface area contributed by atoms with E-state index in [9.17, 15) is 4.79 Å². The van der Waals surface area contributed by atoms with Gasteiger partial charge in [0.05, 0.1) is 17.7 Å². The Labute approximate surface area is 129 Å². The quantitative estimate of drug-likeness (QED) is 0.757. The van der Waals surface area contributed by atoms with Crippen molar-refractivity contribution in [1.82, 2.24) is 5.32 Å². The van der Waals surface area contributed by atoms with Crippen LogP contribution in [0.25, 0.3) is 0 Å². The first-order valence-electron chi connectivity index (χ1n) is 5.95. The predicted molar refractivity (Wildman–Crippen MR) is 82.8 cm³/mol. The molecule has 0 radical (unpaired) electrons. The first-order chi connectivity index (χ1) is 8.58. The van der Waals surface area contributed by atoms with Gasteiger partial charge in [0.25, 0.3) is 5.91 Å². The van der Waals surface area contributed by atoms with Crippen LogP contribution in [-0.4, -0.2) is 24.7 Å². The van der Waals surface area contributed by atoms with E-state index >= 15 is 0 Å². The van der Waals surface area contributed by atoms with E-state index in [0.29, 0.717) is 5.56 Å². The zero-order valence-electron chi connectivity index (χ0n) is 10.1. The number of amides is 1. The maximum absolute atomic E-state index is 12.2. The number of benzene rings is 1. The highest BCUT2D eigenvalue weighted by molar-refractivity contribution is 14.1. The molecule has 0 bridgehead atoms. The minimum Gasteiger partial charge on any atom is -0.376 e. The first-order valence-corrected chi connectivity index (χ1v) is 7.82. The molecule has 0 spiro atoms. The minimum atomic E-state index is -0.0382. The molecular formula is C13H15BrINO2. The van der Waals surface area contributed by atoms with Gasteiger partial charge in [-0.25, -0.2) is 0 Å². The number of rotatable bonds is 3. The van der Waals surface area contributed by atoms with E-state index in [4.69, 9.17) is 4.74 Å². The lowest BCUT2D eigenvalue weighted by Crippen LogP contribution is -2.41. The van der Waals surface area contributed by atoms with E-state index < -0.39 is 0 Å². The zero-order valence-corrected chi connectivity index (χ0v) is 13.8. The second-order valence-corrected chi connectivity index (χ2v) is 6.52. The number of hydrogen-bond donors (Lipinski definition) is 1. The smallest absolute Gasteiger partial charge is 0.252 e. The fraction of sp³-hybridized carbons (Fsp3) is 0.462. The van der Waals surface area contributed by atoms with Gasteiger partial charge >= 0.3 is 0 Å². The second-order valence-electron chi connectivity index (χ2n) is 4.44. The first kappa shape index (κ1) is 14.3. The molecule has 1 aliphatic rings. The Hall–Kier alpha value is -0.140. The van der Waals surface area contributed by atoms with Crippen molar-refractivity contribution in [1.29, 1.82) is 0 Å². The third-order valence-electron chi connectivity index (χ3n) is 3.05. The van der Waals surface area contributed by atoms with E-state index in [2.05, 4.69) is 43.8 Å². The molecule has 0 aromatic heterocycles. The normalized spacial score (nSPS) is 20.7. The highest BCUT2D eigenvalue weighted by Crippen LogP contribution is 2.20. The molecule has 0 aliphatic carbocycles. The third kappa shape index (κ3) is 3.45. The lowest BCUT2D eigenvalue weighted by Gasteiger charge is -2.20. The number of ether oxygens (including phenoxy) is 1. The molecule has 1 aromatic rings. The number of carbonyl (C=O) groups is 1. The average molecular weight is 424 g/mol. The Bertz CT molecular complexity index is 447. The van der Waals surface area contributed by atoms with Gasteiger partial charge in [0.1, 0.15) is 0 Å². The standard InChI is InChI=1S/C13H15BrINO2/c1-8(12-3-2-6-18-12)16-13(17)10-7-9(14)4-5-11(10)15/h4-5,7-8,12H,2-3,6H2,1H3,(H,16,17). The third-order valence-corrected chi connectivity index (χ3v) is 4.49. The molecule has 1 aromatic carbocycles. The van der Waals surface area contributed by atoms with Crippen LogP contribution in [0.15, 0.2) is 22.7 Å². The number of hydrogen-bond acceptors (Lipinski definition) is 2. The van der Waals surface area contributed by atoms with Gasteiger partial charge in [-0.1, -0.05) is 15.9 Å². The molecule has 2 atom stereocenters. The SMILES string of the molecule is CC(NC(=O)c1cc(Br)ccc1I)C1CCCO1. The molecule has 3 nitrogen and oxygen atoms in total. The van der Waals surface area contributed by atoms with Gasteiger partial charge in [0.2, 0.25) is 0 Å². The van der Waals surface area contributed by atoms with Crippen LogP contribution in [0, 0.1) is 3.57 Å². The van der Waals surface area contributed by atoms with Crippen molar-refractivity contribution >= 4 is 44.4 Å². The molecule has 98 valence electrons. The highest BCUT2D eigenvalue weighted by atomic mass is 127. The predicted octanol–water partition coefficient (Wildman–Crippen LogP) is 3.35. The number of carbonyl (C=O) groups excluding carboxylic acids is 1. The molecule has 2 rings (SSSR count). The summed E-state index contributed by atoms with van der Waals surface area (Å²) in [4.78, 5) is 12.2. The monoisotopic (exact) mass is 423 g/mol. The van der Waals surface area contributed by atoms with E-state index in [0.717, 1.165) is 27.5 Å². The number of nitrogens with one attached hydrogen (secondary N) is 1. The Morgan fingerprint density at radius 1 is 1.61 bits per heavy atom.